The first-order chi connectivity index (χ1) is 9.13. The van der Waals surface area contributed by atoms with Gasteiger partial charge in [-0.1, -0.05) is 0 Å². The van der Waals surface area contributed by atoms with Crippen LogP contribution in [-0.4, -0.2) is 4.98 Å². The SMILES string of the molecule is Cc1ccc(C#N)c(Nc2ccc(F)c(C#N)c2)n1. The van der Waals surface area contributed by atoms with Crippen LogP contribution in [0.2, 0.25) is 0 Å². The number of aryl methyl sites for hydroxylation is 1. The van der Waals surface area contributed by atoms with Gasteiger partial charge in [0.1, 0.15) is 23.8 Å². The second-order valence-electron chi connectivity index (χ2n) is 3.89. The van der Waals surface area contributed by atoms with Crippen molar-refractivity contribution in [3.05, 3.63) is 53.0 Å². The number of nitrogens with one attached hydrogen (secondary N) is 1. The minimum absolute atomic E-state index is 0.0591. The van der Waals surface area contributed by atoms with Crippen LogP contribution in [0.25, 0.3) is 0 Å². The summed E-state index contributed by atoms with van der Waals surface area (Å²) < 4.78 is 13.2. The smallest absolute Gasteiger partial charge is 0.148 e. The average Bonchev–Trinajstić information content (AvgIpc) is 2.41. The van der Waals surface area contributed by atoms with Gasteiger partial charge in [-0.2, -0.15) is 10.5 Å². The number of rotatable bonds is 2. The molecule has 0 bridgehead atoms. The molecule has 5 heteroatoms. The maximum absolute atomic E-state index is 13.2. The standard InChI is InChI=1S/C14H9FN4/c1-9-2-3-10(7-16)14(18-9)19-12-4-5-13(15)11(6-12)8-17/h2-6H,1H3,(H,18,19). The van der Waals surface area contributed by atoms with Crippen LogP contribution in [0.5, 0.6) is 0 Å². The summed E-state index contributed by atoms with van der Waals surface area (Å²) in [6.45, 7) is 1.80. The van der Waals surface area contributed by atoms with Crippen molar-refractivity contribution < 1.29 is 4.39 Å². The summed E-state index contributed by atoms with van der Waals surface area (Å²) in [5.41, 5.74) is 1.58. The van der Waals surface area contributed by atoms with Crippen LogP contribution in [0.3, 0.4) is 0 Å². The van der Waals surface area contributed by atoms with Crippen molar-refractivity contribution >= 4 is 11.5 Å². The van der Waals surface area contributed by atoms with E-state index in [1.54, 1.807) is 25.1 Å². The Kier molecular flexibility index (Phi) is 3.40. The molecule has 2 aromatic rings. The van der Waals surface area contributed by atoms with Crippen LogP contribution in [0.15, 0.2) is 30.3 Å². The highest BCUT2D eigenvalue weighted by Crippen LogP contribution is 2.21. The minimum Gasteiger partial charge on any atom is -0.339 e. The first-order valence-electron chi connectivity index (χ1n) is 5.48. The molecule has 19 heavy (non-hydrogen) atoms. The van der Waals surface area contributed by atoms with E-state index in [4.69, 9.17) is 10.5 Å². The summed E-state index contributed by atoms with van der Waals surface area (Å²) in [6, 6.07) is 11.2. The lowest BCUT2D eigenvalue weighted by Crippen LogP contribution is -1.99. The molecule has 0 fully saturated rings. The van der Waals surface area contributed by atoms with Gasteiger partial charge in [0.15, 0.2) is 0 Å². The van der Waals surface area contributed by atoms with E-state index in [0.717, 1.165) is 5.69 Å². The van der Waals surface area contributed by atoms with E-state index in [-0.39, 0.29) is 5.56 Å². The second-order valence-corrected chi connectivity index (χ2v) is 3.89. The van der Waals surface area contributed by atoms with Crippen molar-refractivity contribution in [3.8, 4) is 12.1 Å². The third kappa shape index (κ3) is 2.67. The number of pyridine rings is 1. The van der Waals surface area contributed by atoms with Crippen LogP contribution in [0.4, 0.5) is 15.9 Å². The van der Waals surface area contributed by atoms with Crippen molar-refractivity contribution in [2.24, 2.45) is 0 Å². The van der Waals surface area contributed by atoms with Gasteiger partial charge >= 0.3 is 0 Å². The van der Waals surface area contributed by atoms with Crippen LogP contribution in [-0.2, 0) is 0 Å². The largest absolute Gasteiger partial charge is 0.339 e. The molecule has 0 saturated carbocycles. The predicted molar refractivity (Wildman–Crippen MR) is 68.1 cm³/mol. The molecule has 1 heterocycles. The van der Waals surface area contributed by atoms with E-state index in [9.17, 15) is 4.39 Å². The zero-order valence-electron chi connectivity index (χ0n) is 10.1. The summed E-state index contributed by atoms with van der Waals surface area (Å²) in [7, 11) is 0. The topological polar surface area (TPSA) is 72.5 Å². The predicted octanol–water partition coefficient (Wildman–Crippen LogP) is 3.02. The fraction of sp³-hybridized carbons (Fsp3) is 0.0714. The first-order valence-corrected chi connectivity index (χ1v) is 5.48. The van der Waals surface area contributed by atoms with Crippen LogP contribution in [0, 0.1) is 35.4 Å². The lowest BCUT2D eigenvalue weighted by atomic mass is 10.2. The molecule has 0 atom stereocenters. The van der Waals surface area contributed by atoms with Gasteiger partial charge in [-0.15, -0.1) is 0 Å². The van der Waals surface area contributed by atoms with E-state index < -0.39 is 5.82 Å². The van der Waals surface area contributed by atoms with Crippen molar-refractivity contribution in [2.45, 2.75) is 6.92 Å². The molecule has 0 saturated heterocycles. The van der Waals surface area contributed by atoms with Crippen molar-refractivity contribution in [3.63, 3.8) is 0 Å². The molecular formula is C14H9FN4. The number of hydrogen-bond acceptors (Lipinski definition) is 4. The molecule has 0 amide bonds. The minimum atomic E-state index is -0.578. The monoisotopic (exact) mass is 252 g/mol. The van der Waals surface area contributed by atoms with Gasteiger partial charge in [-0.25, -0.2) is 9.37 Å². The molecule has 0 unspecified atom stereocenters. The molecule has 1 aromatic carbocycles. The molecular weight excluding hydrogens is 243 g/mol. The number of aromatic nitrogens is 1. The number of hydrogen-bond donors (Lipinski definition) is 1. The fourth-order valence-electron chi connectivity index (χ4n) is 1.57. The van der Waals surface area contributed by atoms with E-state index in [2.05, 4.69) is 10.3 Å². The molecule has 0 radical (unpaired) electrons. The van der Waals surface area contributed by atoms with Crippen LogP contribution >= 0.6 is 0 Å². The molecule has 4 nitrogen and oxygen atoms in total. The van der Waals surface area contributed by atoms with E-state index >= 15 is 0 Å². The number of halogens is 1. The Morgan fingerprint density at radius 2 is 1.84 bits per heavy atom. The van der Waals surface area contributed by atoms with Gasteiger partial charge in [0.05, 0.1) is 11.1 Å². The van der Waals surface area contributed by atoms with Crippen LogP contribution < -0.4 is 5.32 Å². The summed E-state index contributed by atoms with van der Waals surface area (Å²) >= 11 is 0. The second kappa shape index (κ2) is 5.16. The lowest BCUT2D eigenvalue weighted by molar-refractivity contribution is 0.624. The maximum Gasteiger partial charge on any atom is 0.148 e. The molecule has 92 valence electrons. The van der Waals surface area contributed by atoms with Gasteiger partial charge in [0, 0.05) is 11.4 Å². The van der Waals surface area contributed by atoms with Crippen LogP contribution in [0.1, 0.15) is 16.8 Å². The fourth-order valence-corrected chi connectivity index (χ4v) is 1.57. The highest BCUT2D eigenvalue weighted by Gasteiger charge is 2.07. The van der Waals surface area contributed by atoms with Gasteiger partial charge < -0.3 is 5.32 Å². The van der Waals surface area contributed by atoms with Gasteiger partial charge in [0.2, 0.25) is 0 Å². The molecule has 0 spiro atoms. The summed E-state index contributed by atoms with van der Waals surface area (Å²) in [5.74, 6) is -0.191. The maximum atomic E-state index is 13.2. The third-order valence-corrected chi connectivity index (χ3v) is 2.50. The van der Waals surface area contributed by atoms with Gasteiger partial charge in [-0.3, -0.25) is 0 Å². The third-order valence-electron chi connectivity index (χ3n) is 2.50. The average molecular weight is 252 g/mol. The van der Waals surface area contributed by atoms with Gasteiger partial charge in [-0.05, 0) is 37.3 Å². The van der Waals surface area contributed by atoms with E-state index in [1.165, 1.54) is 18.2 Å². The highest BCUT2D eigenvalue weighted by molar-refractivity contribution is 5.64. The highest BCUT2D eigenvalue weighted by atomic mass is 19.1. The normalized spacial score (nSPS) is 9.47. The van der Waals surface area contributed by atoms with Crippen molar-refractivity contribution in [2.75, 3.05) is 5.32 Å². The number of anilines is 2. The Bertz CT molecular complexity index is 710. The Morgan fingerprint density at radius 3 is 2.53 bits per heavy atom. The molecule has 1 N–H and O–H groups in total. The Balaban J connectivity index is 2.40. The summed E-state index contributed by atoms with van der Waals surface area (Å²) in [5, 5.41) is 20.7. The Labute approximate surface area is 109 Å². The van der Waals surface area contributed by atoms with Crippen molar-refractivity contribution in [1.82, 2.24) is 4.98 Å². The van der Waals surface area contributed by atoms with Crippen molar-refractivity contribution in [1.29, 1.82) is 10.5 Å². The van der Waals surface area contributed by atoms with E-state index in [0.29, 0.717) is 17.1 Å². The Hall–Kier alpha value is -2.92. The number of benzene rings is 1. The Morgan fingerprint density at radius 1 is 1.11 bits per heavy atom. The molecule has 0 aliphatic heterocycles. The van der Waals surface area contributed by atoms with E-state index in [1.807, 2.05) is 6.07 Å². The molecule has 0 aliphatic carbocycles. The number of nitriles is 2. The zero-order valence-corrected chi connectivity index (χ0v) is 10.1. The zero-order chi connectivity index (χ0) is 13.8. The summed E-state index contributed by atoms with van der Waals surface area (Å²) in [4.78, 5) is 4.21. The quantitative estimate of drug-likeness (QED) is 0.891. The summed E-state index contributed by atoms with van der Waals surface area (Å²) in [6.07, 6.45) is 0. The molecule has 2 rings (SSSR count). The first kappa shape index (κ1) is 12.5. The number of nitrogens with zero attached hydrogens (tertiary/aromatic N) is 3. The lowest BCUT2D eigenvalue weighted by Gasteiger charge is -2.08. The molecule has 0 aliphatic rings. The van der Waals surface area contributed by atoms with Gasteiger partial charge in [0.25, 0.3) is 0 Å². The molecule has 1 aromatic heterocycles.